The molecule has 4 heterocycles. The molecule has 1 saturated carbocycles. The molecular formula is C48H53ClF2N8O6S. The number of aromatic amines is 1. The van der Waals surface area contributed by atoms with E-state index in [4.69, 9.17) is 16.3 Å². The molecular weight excluding hydrogens is 890 g/mol. The fourth-order valence-corrected chi connectivity index (χ4v) is 10.8. The van der Waals surface area contributed by atoms with E-state index in [2.05, 4.69) is 55.8 Å². The first-order valence-corrected chi connectivity index (χ1v) is 24.3. The third kappa shape index (κ3) is 9.83. The number of nitrogens with zero attached hydrogens (tertiary/aromatic N) is 5. The first-order chi connectivity index (χ1) is 31.5. The first-order valence-electron chi connectivity index (χ1n) is 22.4. The summed E-state index contributed by atoms with van der Waals surface area (Å²) < 4.78 is 63.3. The molecule has 0 radical (unpaired) electrons. The van der Waals surface area contributed by atoms with E-state index in [-0.39, 0.29) is 61.4 Å². The number of benzene rings is 3. The van der Waals surface area contributed by atoms with E-state index in [0.29, 0.717) is 29.4 Å². The van der Waals surface area contributed by atoms with Gasteiger partial charge in [-0.2, -0.15) is 4.98 Å². The number of allylic oxidation sites excluding steroid dienone is 1. The number of piperazine rings is 1. The van der Waals surface area contributed by atoms with E-state index in [1.54, 1.807) is 12.3 Å². The summed E-state index contributed by atoms with van der Waals surface area (Å²) >= 11 is 6.26. The molecule has 9 rings (SSSR count). The highest BCUT2D eigenvalue weighted by atomic mass is 35.5. The molecule has 66 heavy (non-hydrogen) atoms. The average molecular weight is 944 g/mol. The minimum atomic E-state index is -4.64. The Morgan fingerprint density at radius 3 is 2.47 bits per heavy atom. The molecule has 0 bridgehead atoms. The van der Waals surface area contributed by atoms with Crippen molar-refractivity contribution < 1.29 is 31.7 Å². The van der Waals surface area contributed by atoms with Crippen LogP contribution in [0.25, 0.3) is 16.6 Å². The van der Waals surface area contributed by atoms with E-state index in [1.165, 1.54) is 28.8 Å². The van der Waals surface area contributed by atoms with Crippen molar-refractivity contribution in [2.75, 3.05) is 67.5 Å². The monoisotopic (exact) mass is 942 g/mol. The molecule has 5 aromatic rings. The Morgan fingerprint density at radius 1 is 0.970 bits per heavy atom. The van der Waals surface area contributed by atoms with Crippen LogP contribution in [0.1, 0.15) is 74.7 Å². The van der Waals surface area contributed by atoms with Gasteiger partial charge in [0.25, 0.3) is 21.6 Å². The number of ether oxygens (including phenoxy) is 1. The molecule has 2 aromatic heterocycles. The molecule has 3 aromatic carbocycles. The summed E-state index contributed by atoms with van der Waals surface area (Å²) in [6.07, 6.45) is 4.95. The average Bonchev–Trinajstić information content (AvgIpc) is 3.76. The van der Waals surface area contributed by atoms with Crippen molar-refractivity contribution in [2.24, 2.45) is 11.3 Å². The third-order valence-corrected chi connectivity index (χ3v) is 15.1. The summed E-state index contributed by atoms with van der Waals surface area (Å²) in [5.74, 6) is -3.40. The first kappa shape index (κ1) is 45.4. The zero-order chi connectivity index (χ0) is 46.4. The van der Waals surface area contributed by atoms with Crippen LogP contribution in [0.5, 0.6) is 5.88 Å². The van der Waals surface area contributed by atoms with E-state index >= 15 is 0 Å². The van der Waals surface area contributed by atoms with E-state index in [1.807, 2.05) is 41.3 Å². The largest absolute Gasteiger partial charge is 0.474 e. The van der Waals surface area contributed by atoms with Crippen LogP contribution in [0.2, 0.25) is 5.02 Å². The van der Waals surface area contributed by atoms with Crippen LogP contribution in [-0.4, -0.2) is 92.5 Å². The fourth-order valence-electron chi connectivity index (χ4n) is 9.66. The maximum Gasteiger partial charge on any atom is 0.293 e. The molecule has 0 unspecified atom stereocenters. The predicted molar refractivity (Wildman–Crippen MR) is 253 cm³/mol. The lowest BCUT2D eigenvalue weighted by Gasteiger charge is -2.39. The molecule has 4 aliphatic rings. The van der Waals surface area contributed by atoms with Crippen molar-refractivity contribution >= 4 is 72.6 Å². The second-order valence-electron chi connectivity index (χ2n) is 18.7. The van der Waals surface area contributed by atoms with Crippen molar-refractivity contribution in [3.8, 4) is 5.88 Å². The highest BCUT2D eigenvalue weighted by Crippen LogP contribution is 2.44. The van der Waals surface area contributed by atoms with Crippen molar-refractivity contribution in [1.29, 1.82) is 0 Å². The number of nitro benzene ring substituents is 1. The number of halogens is 3. The molecule has 3 N–H and O–H groups in total. The van der Waals surface area contributed by atoms with Gasteiger partial charge in [0.2, 0.25) is 11.8 Å². The van der Waals surface area contributed by atoms with Crippen LogP contribution >= 0.6 is 11.6 Å². The van der Waals surface area contributed by atoms with Gasteiger partial charge in [0.15, 0.2) is 0 Å². The topological polar surface area (TPSA) is 166 Å². The number of hydrogen-bond acceptors (Lipinski definition) is 11. The Balaban J connectivity index is 0.964. The quantitative estimate of drug-likeness (QED) is 0.0805. The van der Waals surface area contributed by atoms with Gasteiger partial charge < -0.3 is 24.8 Å². The van der Waals surface area contributed by atoms with Crippen LogP contribution in [0.3, 0.4) is 0 Å². The molecule has 1 saturated heterocycles. The Hall–Kier alpha value is -5.78. The number of carbonyl (C=O) groups is 1. The number of nitrogens with one attached hydrogen (secondary N) is 3. The zero-order valence-electron chi connectivity index (χ0n) is 36.9. The van der Waals surface area contributed by atoms with Gasteiger partial charge in [0.1, 0.15) is 23.6 Å². The minimum absolute atomic E-state index is 0.0512. The lowest BCUT2D eigenvalue weighted by molar-refractivity contribution is -0.384. The van der Waals surface area contributed by atoms with Gasteiger partial charge >= 0.3 is 0 Å². The normalized spacial score (nSPS) is 19.0. The molecule has 18 heteroatoms. The second kappa shape index (κ2) is 18.1. The summed E-state index contributed by atoms with van der Waals surface area (Å²) in [7, 11) is -4.64. The van der Waals surface area contributed by atoms with Crippen LogP contribution < -0.4 is 24.6 Å². The Kier molecular flexibility index (Phi) is 12.5. The Bertz CT molecular complexity index is 2800. The summed E-state index contributed by atoms with van der Waals surface area (Å²) in [5.41, 5.74) is 6.42. The summed E-state index contributed by atoms with van der Waals surface area (Å²) in [6, 6.07) is 20.6. The number of aromatic nitrogens is 2. The molecule has 1 amide bonds. The van der Waals surface area contributed by atoms with Crippen LogP contribution in [-0.2, 0) is 10.0 Å². The molecule has 0 spiro atoms. The maximum atomic E-state index is 14.3. The Labute approximate surface area is 387 Å². The van der Waals surface area contributed by atoms with Crippen molar-refractivity contribution in [2.45, 2.75) is 69.6 Å². The highest BCUT2D eigenvalue weighted by Gasteiger charge is 2.36. The smallest absolute Gasteiger partial charge is 0.293 e. The number of nitro groups is 1. The zero-order valence-corrected chi connectivity index (χ0v) is 38.5. The van der Waals surface area contributed by atoms with Gasteiger partial charge in [-0.25, -0.2) is 21.9 Å². The van der Waals surface area contributed by atoms with E-state index in [0.717, 1.165) is 74.1 Å². The van der Waals surface area contributed by atoms with Gasteiger partial charge in [-0.3, -0.25) is 19.8 Å². The number of pyridine rings is 1. The van der Waals surface area contributed by atoms with Gasteiger partial charge in [0.05, 0.1) is 27.6 Å². The number of anilines is 4. The lowest BCUT2D eigenvalue weighted by atomic mass is 9.72. The molecule has 2 aliphatic heterocycles. The maximum absolute atomic E-state index is 14.3. The van der Waals surface area contributed by atoms with E-state index in [9.17, 15) is 32.1 Å². The number of alkyl halides is 2. The van der Waals surface area contributed by atoms with E-state index < -0.39 is 37.4 Å². The molecule has 0 atom stereocenters. The standard InChI is InChI=1S/C48H53ClF2N8O6S/c1-47(2)15-13-34(39(28-47)32-3-5-35(49)6-4-32)30-56-19-21-57(22-20-56)36-7-9-38(41(26-36)58-23-24-65-46-43(58)25-33-14-18-52-44(33)54-46)45(60)55-66(63,64)37-8-10-40(42(27-37)59(61)62)53-29-31-11-16-48(50,51)17-12-31/h3-10,14,18,25-27,31,53H,11-13,15-17,19-24,28-30H2,1-2H3,(H,52,54)(H,55,60). The number of H-pyrrole nitrogens is 1. The molecule has 2 fully saturated rings. The second-order valence-corrected chi connectivity index (χ2v) is 20.8. The number of carbonyl (C=O) groups excluding carboxylic acids is 1. The van der Waals surface area contributed by atoms with Crippen LogP contribution in [0.4, 0.5) is 37.2 Å². The summed E-state index contributed by atoms with van der Waals surface area (Å²) in [6.45, 7) is 9.39. The summed E-state index contributed by atoms with van der Waals surface area (Å²) in [5, 5.41) is 16.7. The number of hydrogen-bond donors (Lipinski definition) is 3. The van der Waals surface area contributed by atoms with Gasteiger partial charge in [-0.1, -0.05) is 43.2 Å². The van der Waals surface area contributed by atoms with Gasteiger partial charge in [0, 0.05) is 80.5 Å². The van der Waals surface area contributed by atoms with Crippen molar-refractivity contribution in [1.82, 2.24) is 19.6 Å². The number of amides is 1. The highest BCUT2D eigenvalue weighted by molar-refractivity contribution is 7.90. The SMILES string of the molecule is CC1(C)CCC(CN2CCN(c3ccc(C(=O)NS(=O)(=O)c4ccc(NCC5CCC(F)(F)CC5)c([N+](=O)[O-])c4)c(N4CCOc5nc6[nH]ccc6cc54)c3)CC2)=C(c2ccc(Cl)cc2)C1. The van der Waals surface area contributed by atoms with Crippen molar-refractivity contribution in [3.63, 3.8) is 0 Å². The number of rotatable bonds is 12. The predicted octanol–water partition coefficient (Wildman–Crippen LogP) is 9.80. The van der Waals surface area contributed by atoms with Gasteiger partial charge in [-0.15, -0.1) is 0 Å². The number of sulfonamides is 1. The lowest BCUT2D eigenvalue weighted by Crippen LogP contribution is -2.47. The third-order valence-electron chi connectivity index (χ3n) is 13.5. The van der Waals surface area contributed by atoms with Gasteiger partial charge in [-0.05, 0) is 109 Å². The molecule has 14 nitrogen and oxygen atoms in total. The van der Waals surface area contributed by atoms with Crippen LogP contribution in [0, 0.1) is 21.4 Å². The van der Waals surface area contributed by atoms with Crippen molar-refractivity contribution in [3.05, 3.63) is 111 Å². The number of fused-ring (bicyclic) bond motifs is 2. The Morgan fingerprint density at radius 2 is 1.73 bits per heavy atom. The van der Waals surface area contributed by atoms with Crippen LogP contribution in [0.15, 0.2) is 89.5 Å². The molecule has 348 valence electrons. The fraction of sp³-hybridized carbons (Fsp3) is 0.417. The molecule has 2 aliphatic carbocycles. The summed E-state index contributed by atoms with van der Waals surface area (Å²) in [4.78, 5) is 39.7. The minimum Gasteiger partial charge on any atom is -0.474 e.